The Morgan fingerprint density at radius 1 is 1.20 bits per heavy atom. The van der Waals surface area contributed by atoms with E-state index in [1.807, 2.05) is 13.8 Å². The number of nitrogens with one attached hydrogen (secondary N) is 1. The molecule has 110 valence electrons. The van der Waals surface area contributed by atoms with Crippen molar-refractivity contribution in [2.45, 2.75) is 45.8 Å². The summed E-state index contributed by atoms with van der Waals surface area (Å²) in [4.78, 5) is 22.4. The van der Waals surface area contributed by atoms with Gasteiger partial charge in [-0.05, 0) is 51.5 Å². The molecule has 0 fully saturated rings. The number of hydrogen-bond acceptors (Lipinski definition) is 3. The molecule has 5 nitrogen and oxygen atoms in total. The highest BCUT2D eigenvalue weighted by Crippen LogP contribution is 2.14. The van der Waals surface area contributed by atoms with Crippen LogP contribution in [0.1, 0.15) is 44.0 Å². The molecule has 2 N–H and O–H groups in total. The molecule has 1 amide bonds. The van der Waals surface area contributed by atoms with Crippen molar-refractivity contribution in [2.24, 2.45) is 0 Å². The van der Waals surface area contributed by atoms with Gasteiger partial charge in [0.2, 0.25) is 0 Å². The summed E-state index contributed by atoms with van der Waals surface area (Å²) in [6, 6.07) is 6.70. The number of rotatable bonds is 7. The largest absolute Gasteiger partial charge is 0.491 e. The molecule has 0 aromatic heterocycles. The van der Waals surface area contributed by atoms with Gasteiger partial charge >= 0.3 is 5.97 Å². The van der Waals surface area contributed by atoms with Gasteiger partial charge in [-0.3, -0.25) is 9.59 Å². The summed E-state index contributed by atoms with van der Waals surface area (Å²) in [6.07, 6.45) is 0.545. The third-order valence-corrected chi connectivity index (χ3v) is 2.66. The zero-order valence-electron chi connectivity index (χ0n) is 12.1. The predicted molar refractivity (Wildman–Crippen MR) is 76.0 cm³/mol. The smallest absolute Gasteiger partial charge is 0.303 e. The van der Waals surface area contributed by atoms with E-state index in [9.17, 15) is 9.59 Å². The van der Waals surface area contributed by atoms with E-state index in [4.69, 9.17) is 9.84 Å². The van der Waals surface area contributed by atoms with Gasteiger partial charge < -0.3 is 15.2 Å². The molecular formula is C15H21NO4. The fraction of sp³-hybridized carbons (Fsp3) is 0.467. The second-order valence-corrected chi connectivity index (χ2v) is 5.00. The van der Waals surface area contributed by atoms with Gasteiger partial charge in [0.05, 0.1) is 6.10 Å². The van der Waals surface area contributed by atoms with Crippen LogP contribution in [-0.2, 0) is 4.79 Å². The number of carboxylic acid groups (broad SMARTS) is 1. The fourth-order valence-corrected chi connectivity index (χ4v) is 1.68. The van der Waals surface area contributed by atoms with Crippen molar-refractivity contribution in [3.63, 3.8) is 0 Å². The van der Waals surface area contributed by atoms with Crippen molar-refractivity contribution in [2.75, 3.05) is 0 Å². The summed E-state index contributed by atoms with van der Waals surface area (Å²) in [5.74, 6) is -0.351. The quantitative estimate of drug-likeness (QED) is 0.804. The Morgan fingerprint density at radius 3 is 2.30 bits per heavy atom. The average molecular weight is 279 g/mol. The van der Waals surface area contributed by atoms with E-state index in [0.29, 0.717) is 12.0 Å². The van der Waals surface area contributed by atoms with E-state index in [-0.39, 0.29) is 24.5 Å². The Hall–Kier alpha value is -2.04. The standard InChI is InChI=1S/C15H21NO4/c1-10(2)20-13-7-5-12(6-8-13)15(19)16-11(3)4-9-14(17)18/h5-8,10-11H,4,9H2,1-3H3,(H,16,19)(H,17,18). The Kier molecular flexibility index (Phi) is 6.03. The number of carboxylic acids is 1. The Morgan fingerprint density at radius 2 is 1.80 bits per heavy atom. The van der Waals surface area contributed by atoms with Crippen LogP contribution >= 0.6 is 0 Å². The van der Waals surface area contributed by atoms with Gasteiger partial charge in [-0.2, -0.15) is 0 Å². The maximum atomic E-state index is 11.9. The van der Waals surface area contributed by atoms with Gasteiger partial charge in [0.1, 0.15) is 5.75 Å². The van der Waals surface area contributed by atoms with Crippen LogP contribution in [0.3, 0.4) is 0 Å². The molecule has 0 heterocycles. The lowest BCUT2D eigenvalue weighted by Gasteiger charge is -2.13. The highest BCUT2D eigenvalue weighted by molar-refractivity contribution is 5.94. The molecule has 5 heteroatoms. The lowest BCUT2D eigenvalue weighted by molar-refractivity contribution is -0.137. The highest BCUT2D eigenvalue weighted by atomic mass is 16.5. The molecule has 0 bridgehead atoms. The second kappa shape index (κ2) is 7.53. The van der Waals surface area contributed by atoms with Crippen molar-refractivity contribution in [3.8, 4) is 5.75 Å². The summed E-state index contributed by atoms with van der Waals surface area (Å²) in [6.45, 7) is 5.66. The zero-order valence-corrected chi connectivity index (χ0v) is 12.1. The minimum absolute atomic E-state index is 0.0443. The van der Waals surface area contributed by atoms with Crippen LogP contribution in [0.4, 0.5) is 0 Å². The van der Waals surface area contributed by atoms with E-state index in [0.717, 1.165) is 5.75 Å². The van der Waals surface area contributed by atoms with Crippen LogP contribution in [0, 0.1) is 0 Å². The zero-order chi connectivity index (χ0) is 15.1. The number of hydrogen-bond donors (Lipinski definition) is 2. The summed E-state index contributed by atoms with van der Waals surface area (Å²) < 4.78 is 5.50. The minimum atomic E-state index is -0.860. The fourth-order valence-electron chi connectivity index (χ4n) is 1.68. The van der Waals surface area contributed by atoms with Crippen molar-refractivity contribution in [3.05, 3.63) is 29.8 Å². The van der Waals surface area contributed by atoms with Gasteiger partial charge in [-0.25, -0.2) is 0 Å². The molecule has 1 aromatic carbocycles. The third kappa shape index (κ3) is 5.73. The molecule has 1 aromatic rings. The van der Waals surface area contributed by atoms with Crippen LogP contribution in [0.15, 0.2) is 24.3 Å². The van der Waals surface area contributed by atoms with Gasteiger partial charge in [0.15, 0.2) is 0 Å². The lowest BCUT2D eigenvalue weighted by atomic mass is 10.1. The molecule has 1 atom stereocenters. The van der Waals surface area contributed by atoms with Crippen molar-refractivity contribution >= 4 is 11.9 Å². The number of carbonyl (C=O) groups excluding carboxylic acids is 1. The minimum Gasteiger partial charge on any atom is -0.491 e. The van der Waals surface area contributed by atoms with E-state index in [1.165, 1.54) is 0 Å². The van der Waals surface area contributed by atoms with Crippen LogP contribution in [0.2, 0.25) is 0 Å². The van der Waals surface area contributed by atoms with Crippen molar-refractivity contribution in [1.82, 2.24) is 5.32 Å². The van der Waals surface area contributed by atoms with Crippen molar-refractivity contribution in [1.29, 1.82) is 0 Å². The average Bonchev–Trinajstić information content (AvgIpc) is 2.36. The normalized spacial score (nSPS) is 12.0. The first-order valence-corrected chi connectivity index (χ1v) is 6.68. The Bertz CT molecular complexity index is 453. The van der Waals surface area contributed by atoms with Gasteiger partial charge in [0, 0.05) is 18.0 Å². The van der Waals surface area contributed by atoms with Crippen LogP contribution in [0.5, 0.6) is 5.75 Å². The molecule has 0 saturated carbocycles. The van der Waals surface area contributed by atoms with Crippen molar-refractivity contribution < 1.29 is 19.4 Å². The topological polar surface area (TPSA) is 75.6 Å². The van der Waals surface area contributed by atoms with E-state index in [2.05, 4.69) is 5.32 Å². The number of carbonyl (C=O) groups is 2. The van der Waals surface area contributed by atoms with Crippen LogP contribution in [-0.4, -0.2) is 29.1 Å². The Balaban J connectivity index is 2.52. The molecule has 20 heavy (non-hydrogen) atoms. The van der Waals surface area contributed by atoms with Gasteiger partial charge in [-0.1, -0.05) is 0 Å². The lowest BCUT2D eigenvalue weighted by Crippen LogP contribution is -2.32. The maximum Gasteiger partial charge on any atom is 0.303 e. The maximum absolute atomic E-state index is 11.9. The second-order valence-electron chi connectivity index (χ2n) is 5.00. The predicted octanol–water partition coefficient (Wildman–Crippen LogP) is 2.46. The first-order valence-electron chi connectivity index (χ1n) is 6.68. The summed E-state index contributed by atoms with van der Waals surface area (Å²) in [5.41, 5.74) is 0.531. The molecule has 0 spiro atoms. The highest BCUT2D eigenvalue weighted by Gasteiger charge is 2.11. The molecule has 0 aliphatic heterocycles. The Labute approximate surface area is 118 Å². The number of benzene rings is 1. The molecule has 0 aliphatic rings. The van der Waals surface area contributed by atoms with E-state index < -0.39 is 5.97 Å². The van der Waals surface area contributed by atoms with Gasteiger partial charge in [0.25, 0.3) is 5.91 Å². The molecule has 0 aliphatic carbocycles. The molecule has 1 rings (SSSR count). The molecule has 0 radical (unpaired) electrons. The van der Waals surface area contributed by atoms with E-state index in [1.54, 1.807) is 31.2 Å². The van der Waals surface area contributed by atoms with E-state index >= 15 is 0 Å². The summed E-state index contributed by atoms with van der Waals surface area (Å²) in [7, 11) is 0. The third-order valence-electron chi connectivity index (χ3n) is 2.66. The molecule has 0 saturated heterocycles. The number of ether oxygens (including phenoxy) is 1. The number of aliphatic carboxylic acids is 1. The first kappa shape index (κ1) is 16.0. The summed E-state index contributed by atoms with van der Waals surface area (Å²) in [5, 5.41) is 11.4. The monoisotopic (exact) mass is 279 g/mol. The number of amides is 1. The van der Waals surface area contributed by atoms with Crippen LogP contribution < -0.4 is 10.1 Å². The first-order chi connectivity index (χ1) is 9.38. The SMILES string of the molecule is CC(CCC(=O)O)NC(=O)c1ccc(OC(C)C)cc1. The molecule has 1 unspecified atom stereocenters. The molecular weight excluding hydrogens is 258 g/mol. The summed E-state index contributed by atoms with van der Waals surface area (Å²) >= 11 is 0. The van der Waals surface area contributed by atoms with Gasteiger partial charge in [-0.15, -0.1) is 0 Å². The van der Waals surface area contributed by atoms with Crippen LogP contribution in [0.25, 0.3) is 0 Å².